The van der Waals surface area contributed by atoms with Crippen molar-refractivity contribution >= 4 is 23.4 Å². The zero-order valence-electron chi connectivity index (χ0n) is 10.6. The molecule has 2 aromatic carbocycles. The summed E-state index contributed by atoms with van der Waals surface area (Å²) in [6.45, 7) is 1.99. The first kappa shape index (κ1) is 13.5. The van der Waals surface area contributed by atoms with E-state index in [0.29, 0.717) is 5.56 Å². The third-order valence-corrected chi connectivity index (χ3v) is 4.13. The molecule has 0 spiro atoms. The summed E-state index contributed by atoms with van der Waals surface area (Å²) in [6, 6.07) is 12.8. The number of carboxylic acid groups (broad SMARTS) is 1. The van der Waals surface area contributed by atoms with E-state index in [1.54, 1.807) is 30.0 Å². The molecule has 0 unspecified atom stereocenters. The summed E-state index contributed by atoms with van der Waals surface area (Å²) >= 11 is 1.66. The number of hydrogen-bond donors (Lipinski definition) is 2. The van der Waals surface area contributed by atoms with Gasteiger partial charge in [0.2, 0.25) is 0 Å². The number of benzene rings is 2. The van der Waals surface area contributed by atoms with E-state index < -0.39 is 5.97 Å². The van der Waals surface area contributed by atoms with Crippen LogP contribution in [-0.2, 0) is 5.75 Å². The van der Waals surface area contributed by atoms with Crippen molar-refractivity contribution in [1.82, 2.24) is 0 Å². The van der Waals surface area contributed by atoms with Gasteiger partial charge in [-0.2, -0.15) is 0 Å². The van der Waals surface area contributed by atoms with Crippen LogP contribution in [0.3, 0.4) is 0 Å². The second-order valence-corrected chi connectivity index (χ2v) is 5.28. The molecule has 0 aliphatic rings. The van der Waals surface area contributed by atoms with Crippen molar-refractivity contribution in [2.24, 2.45) is 0 Å². The van der Waals surface area contributed by atoms with Gasteiger partial charge in [0, 0.05) is 16.3 Å². The van der Waals surface area contributed by atoms with E-state index in [-0.39, 0.29) is 0 Å². The zero-order chi connectivity index (χ0) is 13.8. The Balaban J connectivity index is 2.12. The minimum absolute atomic E-state index is 0.322. The molecule has 2 aromatic rings. The smallest absolute Gasteiger partial charge is 0.335 e. The van der Waals surface area contributed by atoms with Crippen LogP contribution in [0.5, 0.6) is 0 Å². The fraction of sp³-hybridized carbons (Fsp3) is 0.133. The number of aromatic carboxylic acids is 1. The highest BCUT2D eigenvalue weighted by Crippen LogP contribution is 2.29. The van der Waals surface area contributed by atoms with Gasteiger partial charge in [-0.15, -0.1) is 11.8 Å². The number of carbonyl (C=O) groups is 1. The van der Waals surface area contributed by atoms with Crippen molar-refractivity contribution in [2.75, 3.05) is 5.73 Å². The third-order valence-electron chi connectivity index (χ3n) is 2.89. The highest BCUT2D eigenvalue weighted by atomic mass is 32.2. The molecule has 0 saturated carbocycles. The van der Waals surface area contributed by atoms with Crippen LogP contribution in [0.2, 0.25) is 0 Å². The fourth-order valence-corrected chi connectivity index (χ4v) is 2.75. The van der Waals surface area contributed by atoms with Crippen molar-refractivity contribution < 1.29 is 9.90 Å². The molecule has 98 valence electrons. The van der Waals surface area contributed by atoms with E-state index in [0.717, 1.165) is 27.5 Å². The molecule has 0 aromatic heterocycles. The fourth-order valence-electron chi connectivity index (χ4n) is 1.74. The molecule has 3 N–H and O–H groups in total. The quantitative estimate of drug-likeness (QED) is 0.660. The lowest BCUT2D eigenvalue weighted by atomic mass is 10.1. The number of rotatable bonds is 4. The second kappa shape index (κ2) is 5.80. The van der Waals surface area contributed by atoms with Gasteiger partial charge in [0.05, 0.1) is 5.56 Å². The maximum Gasteiger partial charge on any atom is 0.335 e. The average molecular weight is 273 g/mol. The van der Waals surface area contributed by atoms with Crippen LogP contribution in [0.4, 0.5) is 5.69 Å². The minimum Gasteiger partial charge on any atom is -0.478 e. The predicted molar refractivity (Wildman–Crippen MR) is 78.6 cm³/mol. The highest BCUT2D eigenvalue weighted by Gasteiger charge is 2.05. The Bertz CT molecular complexity index is 611. The molecule has 0 heterocycles. The topological polar surface area (TPSA) is 63.3 Å². The van der Waals surface area contributed by atoms with Crippen LogP contribution in [-0.4, -0.2) is 11.1 Å². The monoisotopic (exact) mass is 273 g/mol. The lowest BCUT2D eigenvalue weighted by Gasteiger charge is -2.08. The first-order valence-corrected chi connectivity index (χ1v) is 6.86. The Morgan fingerprint density at radius 2 is 2.00 bits per heavy atom. The van der Waals surface area contributed by atoms with Crippen LogP contribution < -0.4 is 5.73 Å². The van der Waals surface area contributed by atoms with Gasteiger partial charge < -0.3 is 10.8 Å². The van der Waals surface area contributed by atoms with Gasteiger partial charge >= 0.3 is 5.97 Å². The van der Waals surface area contributed by atoms with E-state index in [2.05, 4.69) is 0 Å². The zero-order valence-corrected chi connectivity index (χ0v) is 11.4. The molecule has 0 amide bonds. The average Bonchev–Trinajstić information content (AvgIpc) is 2.41. The number of carboxylic acids is 1. The molecule has 0 fully saturated rings. The molecule has 19 heavy (non-hydrogen) atoms. The van der Waals surface area contributed by atoms with Gasteiger partial charge in [-0.1, -0.05) is 18.2 Å². The van der Waals surface area contributed by atoms with Crippen LogP contribution in [0.1, 0.15) is 21.5 Å². The summed E-state index contributed by atoms with van der Waals surface area (Å²) < 4.78 is 0. The van der Waals surface area contributed by atoms with E-state index in [4.69, 9.17) is 10.8 Å². The molecular weight excluding hydrogens is 258 g/mol. The van der Waals surface area contributed by atoms with Crippen molar-refractivity contribution in [3.63, 3.8) is 0 Å². The van der Waals surface area contributed by atoms with E-state index in [9.17, 15) is 4.79 Å². The Kier molecular flexibility index (Phi) is 4.12. The van der Waals surface area contributed by atoms with Crippen molar-refractivity contribution in [1.29, 1.82) is 0 Å². The van der Waals surface area contributed by atoms with Crippen LogP contribution in [0, 0.1) is 6.92 Å². The predicted octanol–water partition coefficient (Wildman–Crippen LogP) is 3.57. The van der Waals surface area contributed by atoms with E-state index in [1.807, 2.05) is 31.2 Å². The lowest BCUT2D eigenvalue weighted by molar-refractivity contribution is 0.0697. The number of hydrogen-bond acceptors (Lipinski definition) is 3. The largest absolute Gasteiger partial charge is 0.478 e. The van der Waals surface area contributed by atoms with Crippen molar-refractivity contribution in [3.8, 4) is 0 Å². The standard InChI is InChI=1S/C15H15NO2S/c1-10-13(16)6-3-7-14(10)19-9-11-4-2-5-12(8-11)15(17)18/h2-8H,9,16H2,1H3,(H,17,18). The molecular formula is C15H15NO2S. The Hall–Kier alpha value is -1.94. The van der Waals surface area contributed by atoms with E-state index in [1.165, 1.54) is 0 Å². The number of thioether (sulfide) groups is 1. The molecule has 3 nitrogen and oxygen atoms in total. The van der Waals surface area contributed by atoms with Gasteiger partial charge in [-0.05, 0) is 42.3 Å². The molecule has 0 aliphatic carbocycles. The van der Waals surface area contributed by atoms with E-state index >= 15 is 0 Å². The second-order valence-electron chi connectivity index (χ2n) is 4.26. The summed E-state index contributed by atoms with van der Waals surface area (Å²) in [6.07, 6.45) is 0. The normalized spacial score (nSPS) is 10.4. The molecule has 0 bridgehead atoms. The lowest BCUT2D eigenvalue weighted by Crippen LogP contribution is -1.96. The molecule has 4 heteroatoms. The number of anilines is 1. The number of nitrogens with two attached hydrogens (primary N) is 1. The highest BCUT2D eigenvalue weighted by molar-refractivity contribution is 7.98. The van der Waals surface area contributed by atoms with Crippen LogP contribution in [0.25, 0.3) is 0 Å². The summed E-state index contributed by atoms with van der Waals surface area (Å²) in [5, 5.41) is 8.95. The summed E-state index contributed by atoms with van der Waals surface area (Å²) in [5.74, 6) is -0.169. The summed E-state index contributed by atoms with van der Waals surface area (Å²) in [4.78, 5) is 12.0. The maximum atomic E-state index is 10.9. The van der Waals surface area contributed by atoms with Crippen molar-refractivity contribution in [2.45, 2.75) is 17.6 Å². The first-order valence-electron chi connectivity index (χ1n) is 5.88. The molecule has 2 rings (SSSR count). The Morgan fingerprint density at radius 1 is 1.26 bits per heavy atom. The van der Waals surface area contributed by atoms with Gasteiger partial charge in [0.25, 0.3) is 0 Å². The van der Waals surface area contributed by atoms with Crippen LogP contribution in [0.15, 0.2) is 47.4 Å². The van der Waals surface area contributed by atoms with Crippen molar-refractivity contribution in [3.05, 3.63) is 59.2 Å². The molecule has 0 atom stereocenters. The SMILES string of the molecule is Cc1c(N)cccc1SCc1cccc(C(=O)O)c1. The Morgan fingerprint density at radius 3 is 2.74 bits per heavy atom. The summed E-state index contributed by atoms with van der Waals surface area (Å²) in [7, 11) is 0. The third kappa shape index (κ3) is 3.29. The maximum absolute atomic E-state index is 10.9. The van der Waals surface area contributed by atoms with Crippen LogP contribution >= 0.6 is 11.8 Å². The van der Waals surface area contributed by atoms with Gasteiger partial charge in [-0.25, -0.2) is 4.79 Å². The molecule has 0 saturated heterocycles. The Labute approximate surface area is 116 Å². The van der Waals surface area contributed by atoms with Gasteiger partial charge in [0.1, 0.15) is 0 Å². The molecule has 0 radical (unpaired) electrons. The molecule has 0 aliphatic heterocycles. The summed E-state index contributed by atoms with van der Waals surface area (Å²) in [5.41, 5.74) is 9.03. The first-order chi connectivity index (χ1) is 9.08. The number of nitrogen functional groups attached to an aromatic ring is 1. The van der Waals surface area contributed by atoms with Gasteiger partial charge in [0.15, 0.2) is 0 Å². The van der Waals surface area contributed by atoms with Gasteiger partial charge in [-0.3, -0.25) is 0 Å². The minimum atomic E-state index is -0.896.